The van der Waals surface area contributed by atoms with E-state index in [4.69, 9.17) is 0 Å². The molecule has 0 saturated carbocycles. The Bertz CT molecular complexity index is 62.5. The first-order valence-electron chi connectivity index (χ1n) is 2.16. The number of allylic oxidation sites excluding steroid dienone is 2. The molecule has 0 nitrogen and oxygen atoms in total. The van der Waals surface area contributed by atoms with E-state index >= 15 is 0 Å². The second-order valence-electron chi connectivity index (χ2n) is 1.29. The lowest BCUT2D eigenvalue weighted by molar-refractivity contribution is 0.854. The maximum Gasteiger partial charge on any atom is 0.227 e. The Morgan fingerprint density at radius 1 is 1.43 bits per heavy atom. The summed E-state index contributed by atoms with van der Waals surface area (Å²) in [6.45, 7) is 6.85. The van der Waals surface area contributed by atoms with Crippen molar-refractivity contribution in [1.82, 2.24) is 0 Å². The highest BCUT2D eigenvalue weighted by Crippen LogP contribution is 2.03. The van der Waals surface area contributed by atoms with Gasteiger partial charge in [-0.15, -0.1) is 13.2 Å². The van der Waals surface area contributed by atoms with Gasteiger partial charge in [0.15, 0.2) is 0 Å². The summed E-state index contributed by atoms with van der Waals surface area (Å²) in [5, 5.41) is 0. The molecule has 0 aromatic rings. The zero-order valence-electron chi connectivity index (χ0n) is 4.23. The van der Waals surface area contributed by atoms with Crippen molar-refractivity contribution < 1.29 is 4.11 Å². The molecule has 0 heterocycles. The molecule has 2 heteroatoms. The summed E-state index contributed by atoms with van der Waals surface area (Å²) in [5.41, 5.74) is -0.0139. The molecule has 0 aromatic heterocycles. The van der Waals surface area contributed by atoms with Crippen LogP contribution in [0.3, 0.4) is 0 Å². The Labute approximate surface area is 45.7 Å². The molecular formula is C5H9FSi. The van der Waals surface area contributed by atoms with Crippen LogP contribution in [0, 0.1) is 0 Å². The fraction of sp³-hybridized carbons (Fsp3) is 0.200. The number of hydrogen-bond acceptors (Lipinski definition) is 0. The molecule has 0 fully saturated rings. The Kier molecular flexibility index (Phi) is 3.60. The van der Waals surface area contributed by atoms with E-state index in [2.05, 4.69) is 13.2 Å². The van der Waals surface area contributed by atoms with Gasteiger partial charge in [-0.25, -0.2) is 0 Å². The topological polar surface area (TPSA) is 0 Å². The number of rotatable bonds is 3. The quantitative estimate of drug-likeness (QED) is 0.295. The van der Waals surface area contributed by atoms with Crippen molar-refractivity contribution in [2.75, 3.05) is 0 Å². The predicted octanol–water partition coefficient (Wildman–Crippen LogP) is 1.20. The summed E-state index contributed by atoms with van der Waals surface area (Å²) in [4.78, 5) is 0. The summed E-state index contributed by atoms with van der Waals surface area (Å²) >= 11 is 0. The van der Waals surface area contributed by atoms with Crippen molar-refractivity contribution in [3.63, 3.8) is 0 Å². The molecule has 0 bridgehead atoms. The van der Waals surface area contributed by atoms with Gasteiger partial charge in [0.1, 0.15) is 0 Å². The van der Waals surface area contributed by atoms with Crippen LogP contribution >= 0.6 is 0 Å². The van der Waals surface area contributed by atoms with E-state index < -0.39 is 9.85 Å². The van der Waals surface area contributed by atoms with Crippen molar-refractivity contribution in [1.29, 1.82) is 0 Å². The zero-order valence-corrected chi connectivity index (χ0v) is 5.65. The van der Waals surface area contributed by atoms with Crippen molar-refractivity contribution >= 4 is 9.85 Å². The fourth-order valence-electron chi connectivity index (χ4n) is 0.222. The normalized spacial score (nSPS) is 10.6. The maximum absolute atomic E-state index is 11.7. The van der Waals surface area contributed by atoms with Crippen LogP contribution < -0.4 is 0 Å². The molecule has 7 heavy (non-hydrogen) atoms. The third-order valence-corrected chi connectivity index (χ3v) is 1.81. The van der Waals surface area contributed by atoms with Gasteiger partial charge in [-0.05, 0) is 0 Å². The number of hydrogen-bond donors (Lipinski definition) is 0. The van der Waals surface area contributed by atoms with E-state index in [9.17, 15) is 4.11 Å². The lowest BCUT2D eigenvalue weighted by Gasteiger charge is -1.92. The van der Waals surface area contributed by atoms with Gasteiger partial charge in [-0.1, -0.05) is 12.2 Å². The van der Waals surface area contributed by atoms with Crippen LogP contribution in [0.2, 0.25) is 5.54 Å². The van der Waals surface area contributed by atoms with Gasteiger partial charge in [-0.3, -0.25) is 0 Å². The molecule has 0 aliphatic heterocycles. The smallest absolute Gasteiger partial charge is 0.227 e. The summed E-state index contributed by atoms with van der Waals surface area (Å²) < 4.78 is 11.7. The summed E-state index contributed by atoms with van der Waals surface area (Å²) in [6, 6.07) is 0. The molecule has 0 aliphatic carbocycles. The molecule has 0 atom stereocenters. The minimum Gasteiger partial charge on any atom is -0.322 e. The van der Waals surface area contributed by atoms with E-state index in [1.54, 1.807) is 12.2 Å². The molecule has 0 radical (unpaired) electrons. The van der Waals surface area contributed by atoms with Crippen LogP contribution in [0.4, 0.5) is 4.11 Å². The zero-order chi connectivity index (χ0) is 5.70. The largest absolute Gasteiger partial charge is 0.322 e. The minimum absolute atomic E-state index is 0.0139. The molecule has 40 valence electrons. The van der Waals surface area contributed by atoms with Crippen LogP contribution in [0.1, 0.15) is 0 Å². The van der Waals surface area contributed by atoms with Crippen LogP contribution in [-0.2, 0) is 0 Å². The highest BCUT2D eigenvalue weighted by Gasteiger charge is 1.94. The molecule has 0 N–H and O–H groups in total. The van der Waals surface area contributed by atoms with Gasteiger partial charge in [0.25, 0.3) is 0 Å². The standard InChI is InChI=1S/C5H9FSi/c1-3-5(4-2)7-6/h3-5H,1-2,7H2. The summed E-state index contributed by atoms with van der Waals surface area (Å²) in [7, 11) is -1.41. The average Bonchev–Trinajstić information content (AvgIpc) is 1.72. The lowest BCUT2D eigenvalue weighted by atomic mass is 10.4. The molecule has 0 saturated heterocycles. The lowest BCUT2D eigenvalue weighted by Crippen LogP contribution is -1.87. The Morgan fingerprint density at radius 2 is 1.86 bits per heavy atom. The molecular weight excluding hydrogens is 107 g/mol. The second-order valence-corrected chi connectivity index (χ2v) is 2.54. The Balaban J connectivity index is 3.36. The van der Waals surface area contributed by atoms with Gasteiger partial charge < -0.3 is 4.11 Å². The SMILES string of the molecule is C=CC(C=C)[SiH2]F. The Morgan fingerprint density at radius 3 is 1.86 bits per heavy atom. The first-order valence-corrected chi connectivity index (χ1v) is 3.51. The van der Waals surface area contributed by atoms with Crippen LogP contribution in [0.15, 0.2) is 25.3 Å². The predicted molar refractivity (Wildman–Crippen MR) is 33.8 cm³/mol. The van der Waals surface area contributed by atoms with Gasteiger partial charge in [0.2, 0.25) is 9.85 Å². The monoisotopic (exact) mass is 116 g/mol. The van der Waals surface area contributed by atoms with Gasteiger partial charge in [0, 0.05) is 5.54 Å². The average molecular weight is 116 g/mol. The van der Waals surface area contributed by atoms with Crippen LogP contribution in [-0.4, -0.2) is 9.85 Å². The van der Waals surface area contributed by atoms with E-state index in [1.807, 2.05) is 0 Å². The summed E-state index contributed by atoms with van der Waals surface area (Å²) in [6.07, 6.45) is 3.19. The Hall–Kier alpha value is -0.373. The third kappa shape index (κ3) is 2.34. The molecule has 0 amide bonds. The van der Waals surface area contributed by atoms with Gasteiger partial charge in [0.05, 0.1) is 0 Å². The minimum atomic E-state index is -1.41. The highest BCUT2D eigenvalue weighted by molar-refractivity contribution is 6.30. The van der Waals surface area contributed by atoms with Crippen LogP contribution in [0.25, 0.3) is 0 Å². The molecule has 0 spiro atoms. The molecule has 0 aliphatic rings. The van der Waals surface area contributed by atoms with Crippen molar-refractivity contribution in [2.24, 2.45) is 0 Å². The van der Waals surface area contributed by atoms with Crippen LogP contribution in [0.5, 0.6) is 0 Å². The van der Waals surface area contributed by atoms with E-state index in [0.717, 1.165) is 0 Å². The van der Waals surface area contributed by atoms with Gasteiger partial charge in [-0.2, -0.15) is 0 Å². The van der Waals surface area contributed by atoms with Crippen molar-refractivity contribution in [2.45, 2.75) is 5.54 Å². The highest BCUT2D eigenvalue weighted by atomic mass is 28.3. The van der Waals surface area contributed by atoms with E-state index in [0.29, 0.717) is 0 Å². The van der Waals surface area contributed by atoms with Crippen molar-refractivity contribution in [3.05, 3.63) is 25.3 Å². The number of halogens is 1. The van der Waals surface area contributed by atoms with E-state index in [1.165, 1.54) is 0 Å². The molecule has 0 rings (SSSR count). The molecule has 0 aromatic carbocycles. The summed E-state index contributed by atoms with van der Waals surface area (Å²) in [5.74, 6) is 0. The maximum atomic E-state index is 11.7. The van der Waals surface area contributed by atoms with Gasteiger partial charge >= 0.3 is 0 Å². The van der Waals surface area contributed by atoms with E-state index in [-0.39, 0.29) is 5.54 Å². The second kappa shape index (κ2) is 3.80. The van der Waals surface area contributed by atoms with Crippen molar-refractivity contribution in [3.8, 4) is 0 Å². The first kappa shape index (κ1) is 6.63. The fourth-order valence-corrected chi connectivity index (χ4v) is 0.474. The third-order valence-electron chi connectivity index (χ3n) is 0.784. The molecule has 0 unspecified atom stereocenters. The first-order chi connectivity index (χ1) is 3.35.